The molecule has 114 valence electrons. The molecule has 0 aromatic heterocycles. The van der Waals surface area contributed by atoms with Gasteiger partial charge in [-0.2, -0.15) is 0 Å². The Morgan fingerprint density at radius 3 is 2.33 bits per heavy atom. The van der Waals surface area contributed by atoms with Gasteiger partial charge in [-0.15, -0.1) is 11.8 Å². The summed E-state index contributed by atoms with van der Waals surface area (Å²) in [5.74, 6) is 0.600. The van der Waals surface area contributed by atoms with Crippen LogP contribution in [-0.4, -0.2) is 17.8 Å². The first-order valence-electron chi connectivity index (χ1n) is 7.76. The third-order valence-electron chi connectivity index (χ3n) is 4.37. The van der Waals surface area contributed by atoms with Crippen molar-refractivity contribution in [2.75, 3.05) is 6.26 Å². The van der Waals surface area contributed by atoms with Gasteiger partial charge in [-0.25, -0.2) is 0 Å². The molecule has 0 aliphatic heterocycles. The number of carbonyl (C=O) groups is 2. The number of thioether (sulfide) groups is 1. The number of carbonyl (C=O) groups excluding carboxylic acids is 2. The van der Waals surface area contributed by atoms with E-state index in [1.807, 2.05) is 6.26 Å². The Kier molecular flexibility index (Phi) is 6.04. The predicted molar refractivity (Wildman–Crippen MR) is 87.8 cm³/mol. The highest BCUT2D eigenvalue weighted by Crippen LogP contribution is 2.35. The fourth-order valence-corrected chi connectivity index (χ4v) is 3.65. The van der Waals surface area contributed by atoms with Crippen LogP contribution in [0.4, 0.5) is 0 Å². The Morgan fingerprint density at radius 2 is 1.81 bits per heavy atom. The zero-order valence-electron chi connectivity index (χ0n) is 12.9. The van der Waals surface area contributed by atoms with Crippen molar-refractivity contribution >= 4 is 23.3 Å². The highest BCUT2D eigenvalue weighted by molar-refractivity contribution is 7.98. The van der Waals surface area contributed by atoms with Gasteiger partial charge in [0, 0.05) is 10.8 Å². The van der Waals surface area contributed by atoms with Crippen LogP contribution < -0.4 is 0 Å². The summed E-state index contributed by atoms with van der Waals surface area (Å²) in [6.45, 7) is 1.50. The van der Waals surface area contributed by atoms with Crippen LogP contribution in [0.15, 0.2) is 29.2 Å². The van der Waals surface area contributed by atoms with Gasteiger partial charge in [0.25, 0.3) is 0 Å². The highest BCUT2D eigenvalue weighted by Gasteiger charge is 2.26. The van der Waals surface area contributed by atoms with Crippen molar-refractivity contribution in [1.29, 1.82) is 0 Å². The van der Waals surface area contributed by atoms with Crippen LogP contribution >= 0.6 is 11.8 Å². The van der Waals surface area contributed by atoms with E-state index in [-0.39, 0.29) is 23.9 Å². The van der Waals surface area contributed by atoms with Crippen molar-refractivity contribution in [3.63, 3.8) is 0 Å². The summed E-state index contributed by atoms with van der Waals surface area (Å²) in [4.78, 5) is 25.0. The Labute approximate surface area is 131 Å². The molecule has 3 heteroatoms. The summed E-state index contributed by atoms with van der Waals surface area (Å²) in [5, 5.41) is 0. The van der Waals surface area contributed by atoms with Crippen LogP contribution in [0.3, 0.4) is 0 Å². The summed E-state index contributed by atoms with van der Waals surface area (Å²) < 4.78 is 0. The van der Waals surface area contributed by atoms with Crippen LogP contribution in [0, 0.1) is 5.92 Å². The maximum Gasteiger partial charge on any atom is 0.147 e. The molecule has 0 N–H and O–H groups in total. The zero-order valence-corrected chi connectivity index (χ0v) is 13.7. The lowest BCUT2D eigenvalue weighted by Crippen LogP contribution is -2.18. The van der Waals surface area contributed by atoms with E-state index in [0.717, 1.165) is 12.0 Å². The maximum atomic E-state index is 12.5. The molecule has 1 aliphatic rings. The summed E-state index contributed by atoms with van der Waals surface area (Å²) in [6, 6.07) is 8.26. The molecule has 1 aliphatic carbocycles. The number of hydrogen-bond donors (Lipinski definition) is 0. The lowest BCUT2D eigenvalue weighted by atomic mass is 9.83. The van der Waals surface area contributed by atoms with E-state index in [1.54, 1.807) is 11.8 Å². The van der Waals surface area contributed by atoms with Gasteiger partial charge in [0.1, 0.15) is 11.6 Å². The minimum atomic E-state index is -0.104. The van der Waals surface area contributed by atoms with E-state index in [2.05, 4.69) is 24.3 Å². The van der Waals surface area contributed by atoms with E-state index in [1.165, 1.54) is 37.5 Å². The summed E-state index contributed by atoms with van der Waals surface area (Å²) in [5.41, 5.74) is 1.07. The Hall–Kier alpha value is -1.09. The van der Waals surface area contributed by atoms with Gasteiger partial charge in [-0.1, -0.05) is 37.8 Å². The van der Waals surface area contributed by atoms with Gasteiger partial charge in [-0.3, -0.25) is 9.59 Å². The average Bonchev–Trinajstić information content (AvgIpc) is 2.97. The summed E-state index contributed by atoms with van der Waals surface area (Å²) >= 11 is 1.70. The average molecular weight is 304 g/mol. The highest BCUT2D eigenvalue weighted by atomic mass is 32.2. The standard InChI is InChI=1S/C18H24O2S/c1-13(19)11-18(20)17(12-14-5-3-4-6-14)15-7-9-16(21-2)10-8-15/h7-10,14,17H,3-6,11-12H2,1-2H3. The molecule has 0 bridgehead atoms. The lowest BCUT2D eigenvalue weighted by Gasteiger charge is -2.20. The summed E-state index contributed by atoms with van der Waals surface area (Å²) in [7, 11) is 0. The molecule has 2 nitrogen and oxygen atoms in total. The zero-order chi connectivity index (χ0) is 15.2. The maximum absolute atomic E-state index is 12.5. The minimum absolute atomic E-state index is 0.0304. The van der Waals surface area contributed by atoms with E-state index in [9.17, 15) is 9.59 Å². The van der Waals surface area contributed by atoms with Gasteiger partial charge in [0.15, 0.2) is 0 Å². The van der Waals surface area contributed by atoms with Crippen molar-refractivity contribution in [3.8, 4) is 0 Å². The molecule has 0 heterocycles. The van der Waals surface area contributed by atoms with Crippen LogP contribution in [0.25, 0.3) is 0 Å². The van der Waals surface area contributed by atoms with Crippen molar-refractivity contribution in [3.05, 3.63) is 29.8 Å². The third kappa shape index (κ3) is 4.70. The van der Waals surface area contributed by atoms with Crippen molar-refractivity contribution in [1.82, 2.24) is 0 Å². The number of hydrogen-bond acceptors (Lipinski definition) is 3. The van der Waals surface area contributed by atoms with E-state index < -0.39 is 0 Å². The molecule has 21 heavy (non-hydrogen) atoms. The molecule has 0 amide bonds. The molecule has 1 aromatic rings. The lowest BCUT2D eigenvalue weighted by molar-refractivity contribution is -0.127. The molecule has 0 saturated heterocycles. The normalized spacial score (nSPS) is 16.9. The van der Waals surface area contributed by atoms with Gasteiger partial charge in [-0.05, 0) is 43.2 Å². The Bertz CT molecular complexity index is 486. The molecule has 1 unspecified atom stereocenters. The monoisotopic (exact) mass is 304 g/mol. The fourth-order valence-electron chi connectivity index (χ4n) is 3.24. The predicted octanol–water partition coefficient (Wildman–Crippen LogP) is 4.62. The first kappa shape index (κ1) is 16.3. The third-order valence-corrected chi connectivity index (χ3v) is 5.12. The van der Waals surface area contributed by atoms with Gasteiger partial charge < -0.3 is 0 Å². The second-order valence-corrected chi connectivity index (χ2v) is 6.94. The largest absolute Gasteiger partial charge is 0.300 e. The smallest absolute Gasteiger partial charge is 0.147 e. The van der Waals surface area contributed by atoms with Crippen molar-refractivity contribution < 1.29 is 9.59 Å². The van der Waals surface area contributed by atoms with Crippen molar-refractivity contribution in [2.45, 2.75) is 56.3 Å². The molecule has 1 atom stereocenters. The molecular weight excluding hydrogens is 280 g/mol. The molecular formula is C18H24O2S. The Morgan fingerprint density at radius 1 is 1.19 bits per heavy atom. The van der Waals surface area contributed by atoms with Gasteiger partial charge >= 0.3 is 0 Å². The first-order chi connectivity index (χ1) is 10.1. The van der Waals surface area contributed by atoms with Crippen LogP contribution in [0.5, 0.6) is 0 Å². The first-order valence-corrected chi connectivity index (χ1v) is 8.98. The number of rotatable bonds is 7. The number of ketones is 2. The van der Waals surface area contributed by atoms with Gasteiger partial charge in [0.05, 0.1) is 6.42 Å². The Balaban J connectivity index is 2.15. The van der Waals surface area contributed by atoms with Crippen LogP contribution in [0.1, 0.15) is 56.9 Å². The molecule has 1 fully saturated rings. The summed E-state index contributed by atoms with van der Waals surface area (Å²) in [6.07, 6.45) is 8.05. The second kappa shape index (κ2) is 7.79. The second-order valence-electron chi connectivity index (χ2n) is 6.06. The van der Waals surface area contributed by atoms with E-state index in [4.69, 9.17) is 0 Å². The minimum Gasteiger partial charge on any atom is -0.300 e. The van der Waals surface area contributed by atoms with E-state index in [0.29, 0.717) is 5.92 Å². The fraction of sp³-hybridized carbons (Fsp3) is 0.556. The van der Waals surface area contributed by atoms with Crippen molar-refractivity contribution in [2.24, 2.45) is 5.92 Å². The SMILES string of the molecule is CSc1ccc(C(CC2CCCC2)C(=O)CC(C)=O)cc1. The van der Waals surface area contributed by atoms with Crippen LogP contribution in [-0.2, 0) is 9.59 Å². The number of benzene rings is 1. The molecule has 1 saturated carbocycles. The number of Topliss-reactive ketones (excluding diaryl/α,β-unsaturated/α-hetero) is 2. The molecule has 0 spiro atoms. The topological polar surface area (TPSA) is 34.1 Å². The quantitative estimate of drug-likeness (QED) is 0.544. The van der Waals surface area contributed by atoms with Crippen LogP contribution in [0.2, 0.25) is 0 Å². The molecule has 1 aromatic carbocycles. The molecule has 0 radical (unpaired) electrons. The molecule has 2 rings (SSSR count). The van der Waals surface area contributed by atoms with E-state index >= 15 is 0 Å². The van der Waals surface area contributed by atoms with Gasteiger partial charge in [0.2, 0.25) is 0 Å².